The third kappa shape index (κ3) is 1.32. The minimum atomic E-state index is -0.919. The standard InChI is InChI=1S/C6H3BrF2S/c7-3-1-2-4(8)5(9)6(3)10/h1-2,10H. The van der Waals surface area contributed by atoms with Gasteiger partial charge in [0, 0.05) is 4.47 Å². The Morgan fingerprint density at radius 1 is 1.30 bits per heavy atom. The van der Waals surface area contributed by atoms with Crippen molar-refractivity contribution >= 4 is 28.6 Å². The molecule has 0 atom stereocenters. The summed E-state index contributed by atoms with van der Waals surface area (Å²) in [6, 6.07) is 2.44. The Kier molecular flexibility index (Phi) is 2.31. The zero-order chi connectivity index (χ0) is 7.72. The van der Waals surface area contributed by atoms with Gasteiger partial charge in [-0.1, -0.05) is 0 Å². The summed E-state index contributed by atoms with van der Waals surface area (Å²) >= 11 is 6.72. The molecule has 0 bridgehead atoms. The smallest absolute Gasteiger partial charge is 0.173 e. The molecule has 0 saturated carbocycles. The van der Waals surface area contributed by atoms with Gasteiger partial charge in [0.1, 0.15) is 0 Å². The SMILES string of the molecule is Fc1ccc(Br)c(S)c1F. The lowest BCUT2D eigenvalue weighted by molar-refractivity contribution is 0.490. The van der Waals surface area contributed by atoms with Gasteiger partial charge in [-0.25, -0.2) is 8.78 Å². The lowest BCUT2D eigenvalue weighted by atomic mass is 10.3. The highest BCUT2D eigenvalue weighted by atomic mass is 79.9. The van der Waals surface area contributed by atoms with Crippen LogP contribution in [0, 0.1) is 11.6 Å². The summed E-state index contributed by atoms with van der Waals surface area (Å²) in [5.74, 6) is -1.80. The van der Waals surface area contributed by atoms with Crippen molar-refractivity contribution in [1.29, 1.82) is 0 Å². The molecule has 0 aliphatic heterocycles. The third-order valence-corrected chi connectivity index (χ3v) is 2.42. The Morgan fingerprint density at radius 3 is 2.40 bits per heavy atom. The molecule has 0 nitrogen and oxygen atoms in total. The van der Waals surface area contributed by atoms with Gasteiger partial charge in [0.05, 0.1) is 4.90 Å². The maximum atomic E-state index is 12.5. The first kappa shape index (κ1) is 8.01. The van der Waals surface area contributed by atoms with Gasteiger partial charge in [-0.05, 0) is 28.1 Å². The fraction of sp³-hybridized carbons (Fsp3) is 0. The van der Waals surface area contributed by atoms with Crippen molar-refractivity contribution in [2.24, 2.45) is 0 Å². The summed E-state index contributed by atoms with van der Waals surface area (Å²) in [6.07, 6.45) is 0. The molecule has 1 aromatic rings. The molecular weight excluding hydrogens is 222 g/mol. The van der Waals surface area contributed by atoms with E-state index in [-0.39, 0.29) is 4.90 Å². The first-order chi connectivity index (χ1) is 4.63. The number of hydrogen-bond acceptors (Lipinski definition) is 1. The first-order valence-corrected chi connectivity index (χ1v) is 3.69. The Morgan fingerprint density at radius 2 is 1.90 bits per heavy atom. The number of benzene rings is 1. The number of hydrogen-bond donors (Lipinski definition) is 1. The second kappa shape index (κ2) is 2.88. The first-order valence-electron chi connectivity index (χ1n) is 2.45. The molecule has 0 aromatic heterocycles. The van der Waals surface area contributed by atoms with E-state index < -0.39 is 11.6 Å². The summed E-state index contributed by atoms with van der Waals surface area (Å²) in [6.45, 7) is 0. The second-order valence-electron chi connectivity index (χ2n) is 1.69. The van der Waals surface area contributed by atoms with Gasteiger partial charge in [0.2, 0.25) is 0 Å². The van der Waals surface area contributed by atoms with Gasteiger partial charge in [0.25, 0.3) is 0 Å². The molecular formula is C6H3BrF2S. The van der Waals surface area contributed by atoms with Crippen LogP contribution in [0.5, 0.6) is 0 Å². The highest BCUT2D eigenvalue weighted by Crippen LogP contribution is 2.24. The van der Waals surface area contributed by atoms with Crippen molar-refractivity contribution in [3.05, 3.63) is 28.2 Å². The number of thiol groups is 1. The van der Waals surface area contributed by atoms with E-state index in [0.29, 0.717) is 4.47 Å². The molecule has 1 aromatic carbocycles. The zero-order valence-electron chi connectivity index (χ0n) is 4.74. The molecule has 54 valence electrons. The summed E-state index contributed by atoms with van der Waals surface area (Å²) in [7, 11) is 0. The number of rotatable bonds is 0. The lowest BCUT2D eigenvalue weighted by Crippen LogP contribution is -1.85. The molecule has 0 saturated heterocycles. The lowest BCUT2D eigenvalue weighted by Gasteiger charge is -1.97. The van der Waals surface area contributed by atoms with E-state index in [0.717, 1.165) is 6.07 Å². The predicted octanol–water partition coefficient (Wildman–Crippen LogP) is 3.02. The van der Waals surface area contributed by atoms with Crippen LogP contribution in [0.4, 0.5) is 8.78 Å². The topological polar surface area (TPSA) is 0 Å². The fourth-order valence-electron chi connectivity index (χ4n) is 0.516. The summed E-state index contributed by atoms with van der Waals surface area (Å²) in [5.41, 5.74) is 0. The van der Waals surface area contributed by atoms with E-state index in [1.165, 1.54) is 6.07 Å². The van der Waals surface area contributed by atoms with Gasteiger partial charge < -0.3 is 0 Å². The van der Waals surface area contributed by atoms with Crippen molar-refractivity contribution < 1.29 is 8.78 Å². The van der Waals surface area contributed by atoms with Crippen LogP contribution in [0.15, 0.2) is 21.5 Å². The Hall–Kier alpha value is -0.0900. The molecule has 0 N–H and O–H groups in total. The summed E-state index contributed by atoms with van der Waals surface area (Å²) in [4.78, 5) is 0. The van der Waals surface area contributed by atoms with Crippen LogP contribution < -0.4 is 0 Å². The van der Waals surface area contributed by atoms with E-state index in [4.69, 9.17) is 0 Å². The summed E-state index contributed by atoms with van der Waals surface area (Å²) < 4.78 is 25.3. The quantitative estimate of drug-likeness (QED) is 0.509. The zero-order valence-corrected chi connectivity index (χ0v) is 7.22. The molecule has 0 aliphatic carbocycles. The van der Waals surface area contributed by atoms with Crippen molar-refractivity contribution in [1.82, 2.24) is 0 Å². The molecule has 0 heterocycles. The van der Waals surface area contributed by atoms with Crippen LogP contribution in [-0.4, -0.2) is 0 Å². The monoisotopic (exact) mass is 224 g/mol. The Bertz CT molecular complexity index is 235. The number of halogens is 3. The van der Waals surface area contributed by atoms with Crippen LogP contribution in [0.3, 0.4) is 0 Å². The normalized spacial score (nSPS) is 10.0. The van der Waals surface area contributed by atoms with E-state index in [2.05, 4.69) is 28.6 Å². The molecule has 0 aliphatic rings. The van der Waals surface area contributed by atoms with Gasteiger partial charge >= 0.3 is 0 Å². The molecule has 4 heteroatoms. The largest absolute Gasteiger partial charge is 0.204 e. The van der Waals surface area contributed by atoms with Gasteiger partial charge in [-0.3, -0.25) is 0 Å². The van der Waals surface area contributed by atoms with Gasteiger partial charge in [-0.2, -0.15) is 0 Å². The molecule has 0 fully saturated rings. The maximum Gasteiger partial charge on any atom is 0.173 e. The van der Waals surface area contributed by atoms with Crippen LogP contribution in [-0.2, 0) is 0 Å². The maximum absolute atomic E-state index is 12.5. The van der Waals surface area contributed by atoms with Crippen LogP contribution in [0.25, 0.3) is 0 Å². The van der Waals surface area contributed by atoms with Crippen molar-refractivity contribution in [3.8, 4) is 0 Å². The van der Waals surface area contributed by atoms with E-state index in [1.807, 2.05) is 0 Å². The molecule has 1 rings (SSSR count). The van der Waals surface area contributed by atoms with Gasteiger partial charge in [0.15, 0.2) is 11.6 Å². The molecule has 0 amide bonds. The highest BCUT2D eigenvalue weighted by Gasteiger charge is 2.07. The average Bonchev–Trinajstić information content (AvgIpc) is 1.93. The Labute approximate surface area is 70.8 Å². The highest BCUT2D eigenvalue weighted by molar-refractivity contribution is 9.10. The minimum Gasteiger partial charge on any atom is -0.204 e. The van der Waals surface area contributed by atoms with E-state index in [9.17, 15) is 8.78 Å². The van der Waals surface area contributed by atoms with Crippen LogP contribution >= 0.6 is 28.6 Å². The second-order valence-corrected chi connectivity index (χ2v) is 2.99. The van der Waals surface area contributed by atoms with Crippen molar-refractivity contribution in [2.45, 2.75) is 4.90 Å². The average molecular weight is 225 g/mol. The molecule has 0 unspecified atom stereocenters. The molecule has 10 heavy (non-hydrogen) atoms. The van der Waals surface area contributed by atoms with Crippen LogP contribution in [0.2, 0.25) is 0 Å². The summed E-state index contributed by atoms with van der Waals surface area (Å²) in [5, 5.41) is 0. The van der Waals surface area contributed by atoms with Crippen LogP contribution in [0.1, 0.15) is 0 Å². The van der Waals surface area contributed by atoms with E-state index >= 15 is 0 Å². The molecule has 0 spiro atoms. The Balaban J connectivity index is 3.34. The third-order valence-electron chi connectivity index (χ3n) is 1.02. The predicted molar refractivity (Wildman–Crippen MR) is 41.3 cm³/mol. The molecule has 0 radical (unpaired) electrons. The van der Waals surface area contributed by atoms with E-state index in [1.54, 1.807) is 0 Å². The van der Waals surface area contributed by atoms with Crippen molar-refractivity contribution in [2.75, 3.05) is 0 Å². The minimum absolute atomic E-state index is 0. The van der Waals surface area contributed by atoms with Gasteiger partial charge in [-0.15, -0.1) is 12.6 Å². The van der Waals surface area contributed by atoms with Crippen molar-refractivity contribution in [3.63, 3.8) is 0 Å². The fourth-order valence-corrected chi connectivity index (χ4v) is 1.00.